The Balaban J connectivity index is -0.00000000167. The quantitative estimate of drug-likeness (QED) is 0.321. The molecule has 5 heavy (non-hydrogen) atoms. The molecule has 2 nitrogen and oxygen atoms in total. The second-order valence-electron chi connectivity index (χ2n) is 0. The van der Waals surface area contributed by atoms with Crippen LogP contribution in [0, 0.1) is 0 Å². The summed E-state index contributed by atoms with van der Waals surface area (Å²) in [6.07, 6.45) is 0. The van der Waals surface area contributed by atoms with E-state index in [1.54, 1.807) is 0 Å². The first-order valence-electron chi connectivity index (χ1n) is 0.500. The average Bonchev–Trinajstić information content (AvgIpc) is 1.00. The van der Waals surface area contributed by atoms with E-state index >= 15 is 0 Å². The molecule has 0 aromatic rings. The molecule has 28 valence electrons. The summed E-state index contributed by atoms with van der Waals surface area (Å²) < 4.78 is 0. The molecular weight excluding hydrogens is 96.1 g/mol. The molecular formula is C2H6CaO2. The summed E-state index contributed by atoms with van der Waals surface area (Å²) >= 11 is 0. The summed E-state index contributed by atoms with van der Waals surface area (Å²) in [7, 11) is 0. The second kappa shape index (κ2) is 89.4. The molecule has 0 unspecified atom stereocenters. The number of hydrogen-bond acceptors (Lipinski definition) is 2. The standard InChI is InChI=1S/C2H4.Ca.2H2O/c1-2;;;/h1-2H2;;2*1H2/q;+2;;/p-2. The third kappa shape index (κ3) is 49.6. The molecule has 0 spiro atoms. The summed E-state index contributed by atoms with van der Waals surface area (Å²) in [5, 5.41) is 0. The Morgan fingerprint density at radius 1 is 0.800 bits per heavy atom. The van der Waals surface area contributed by atoms with Crippen LogP contribution in [0.1, 0.15) is 0 Å². The van der Waals surface area contributed by atoms with Gasteiger partial charge in [-0.25, -0.2) is 0 Å². The third-order valence-corrected chi connectivity index (χ3v) is 0. The summed E-state index contributed by atoms with van der Waals surface area (Å²) in [6.45, 7) is 6.00. The van der Waals surface area contributed by atoms with Crippen molar-refractivity contribution in [2.75, 3.05) is 0 Å². The fourth-order valence-electron chi connectivity index (χ4n) is 0. The van der Waals surface area contributed by atoms with E-state index in [9.17, 15) is 0 Å². The van der Waals surface area contributed by atoms with Gasteiger partial charge in [0.2, 0.25) is 0 Å². The van der Waals surface area contributed by atoms with Gasteiger partial charge in [0.1, 0.15) is 0 Å². The van der Waals surface area contributed by atoms with Crippen LogP contribution in [0.5, 0.6) is 0 Å². The predicted molar refractivity (Wildman–Crippen MR) is 20.9 cm³/mol. The van der Waals surface area contributed by atoms with E-state index in [1.807, 2.05) is 0 Å². The molecule has 0 aromatic carbocycles. The maximum Gasteiger partial charge on any atom is 2.00 e. The van der Waals surface area contributed by atoms with E-state index in [0.717, 1.165) is 0 Å². The Labute approximate surface area is 61.5 Å². The zero-order valence-corrected chi connectivity index (χ0v) is 5.22. The Hall–Kier alpha value is 0.920. The fourth-order valence-corrected chi connectivity index (χ4v) is 0. The minimum Gasteiger partial charge on any atom is -0.870 e. The van der Waals surface area contributed by atoms with Crippen LogP contribution >= 0.6 is 0 Å². The second-order valence-corrected chi connectivity index (χ2v) is 0. The molecule has 3 heteroatoms. The molecule has 0 aliphatic heterocycles. The van der Waals surface area contributed by atoms with Crippen molar-refractivity contribution in [3.63, 3.8) is 0 Å². The van der Waals surface area contributed by atoms with Gasteiger partial charge in [0, 0.05) is 0 Å². The number of rotatable bonds is 0. The van der Waals surface area contributed by atoms with Crippen LogP contribution in [0.4, 0.5) is 0 Å². The van der Waals surface area contributed by atoms with Gasteiger partial charge in [-0.1, -0.05) is 0 Å². The maximum atomic E-state index is 3.00. The van der Waals surface area contributed by atoms with Crippen molar-refractivity contribution >= 4 is 37.7 Å². The van der Waals surface area contributed by atoms with Gasteiger partial charge in [0.25, 0.3) is 0 Å². The van der Waals surface area contributed by atoms with Gasteiger partial charge in [0.15, 0.2) is 0 Å². The number of hydrogen-bond donors (Lipinski definition) is 0. The average molecular weight is 102 g/mol. The van der Waals surface area contributed by atoms with Crippen molar-refractivity contribution < 1.29 is 11.0 Å². The first-order chi connectivity index (χ1) is 1.00. The molecule has 0 saturated carbocycles. The summed E-state index contributed by atoms with van der Waals surface area (Å²) in [5.41, 5.74) is 0. The minimum atomic E-state index is 0. The van der Waals surface area contributed by atoms with E-state index in [2.05, 4.69) is 13.2 Å². The van der Waals surface area contributed by atoms with Gasteiger partial charge < -0.3 is 11.0 Å². The molecule has 0 aliphatic carbocycles. The van der Waals surface area contributed by atoms with Crippen LogP contribution in [0.3, 0.4) is 0 Å². The normalized spacial score (nSPS) is 0.800. The van der Waals surface area contributed by atoms with Gasteiger partial charge in [-0.15, -0.1) is 13.2 Å². The van der Waals surface area contributed by atoms with Crippen LogP contribution in [0.15, 0.2) is 13.2 Å². The van der Waals surface area contributed by atoms with E-state index in [4.69, 9.17) is 0 Å². The third-order valence-electron chi connectivity index (χ3n) is 0. The maximum absolute atomic E-state index is 3.00. The van der Waals surface area contributed by atoms with Crippen molar-refractivity contribution in [1.29, 1.82) is 0 Å². The van der Waals surface area contributed by atoms with E-state index in [1.165, 1.54) is 0 Å². The largest absolute Gasteiger partial charge is 2.00 e. The van der Waals surface area contributed by atoms with Crippen LogP contribution in [0.2, 0.25) is 0 Å². The Morgan fingerprint density at radius 2 is 0.800 bits per heavy atom. The fraction of sp³-hybridized carbons (Fsp3) is 0. The Morgan fingerprint density at radius 3 is 0.800 bits per heavy atom. The summed E-state index contributed by atoms with van der Waals surface area (Å²) in [4.78, 5) is 0. The van der Waals surface area contributed by atoms with Crippen LogP contribution in [0.25, 0.3) is 0 Å². The van der Waals surface area contributed by atoms with Gasteiger partial charge in [-0.05, 0) is 0 Å². The molecule has 0 radical (unpaired) electrons. The van der Waals surface area contributed by atoms with Crippen molar-refractivity contribution in [2.24, 2.45) is 0 Å². The molecule has 0 saturated heterocycles. The van der Waals surface area contributed by atoms with Crippen molar-refractivity contribution in [3.8, 4) is 0 Å². The van der Waals surface area contributed by atoms with Gasteiger partial charge >= 0.3 is 37.7 Å². The minimum absolute atomic E-state index is 0. The zero-order chi connectivity index (χ0) is 2.00. The van der Waals surface area contributed by atoms with Gasteiger partial charge in [-0.2, -0.15) is 0 Å². The topological polar surface area (TPSA) is 60.0 Å². The predicted octanol–water partition coefficient (Wildman–Crippen LogP) is 0.0678. The molecule has 0 rings (SSSR count). The summed E-state index contributed by atoms with van der Waals surface area (Å²) in [5.74, 6) is 0. The molecule has 0 fully saturated rings. The molecule has 0 atom stereocenters. The Bertz CT molecular complexity index is 7.61. The molecule has 0 amide bonds. The molecule has 0 heterocycles. The molecule has 2 N–H and O–H groups in total. The Kier molecular flexibility index (Phi) is 695. The summed E-state index contributed by atoms with van der Waals surface area (Å²) in [6, 6.07) is 0. The SMILES string of the molecule is C=C.[Ca+2].[OH-].[OH-]. The zero-order valence-electron chi connectivity index (χ0n) is 3.02. The smallest absolute Gasteiger partial charge is 0.870 e. The first kappa shape index (κ1) is 38.9. The van der Waals surface area contributed by atoms with Gasteiger partial charge in [0.05, 0.1) is 0 Å². The van der Waals surface area contributed by atoms with Crippen LogP contribution in [-0.2, 0) is 0 Å². The molecule has 0 aromatic heterocycles. The van der Waals surface area contributed by atoms with E-state index in [-0.39, 0.29) is 48.7 Å². The van der Waals surface area contributed by atoms with Crippen LogP contribution in [-0.4, -0.2) is 48.7 Å². The molecule has 0 bridgehead atoms. The van der Waals surface area contributed by atoms with Crippen molar-refractivity contribution in [3.05, 3.63) is 13.2 Å². The van der Waals surface area contributed by atoms with E-state index in [0.29, 0.717) is 0 Å². The van der Waals surface area contributed by atoms with E-state index < -0.39 is 0 Å². The van der Waals surface area contributed by atoms with Gasteiger partial charge in [-0.3, -0.25) is 0 Å². The van der Waals surface area contributed by atoms with Crippen molar-refractivity contribution in [1.82, 2.24) is 0 Å². The van der Waals surface area contributed by atoms with Crippen molar-refractivity contribution in [2.45, 2.75) is 0 Å². The molecule has 0 aliphatic rings. The monoisotopic (exact) mass is 102 g/mol. The first-order valence-corrected chi connectivity index (χ1v) is 0.500. The van der Waals surface area contributed by atoms with Crippen LogP contribution < -0.4 is 0 Å².